The van der Waals surface area contributed by atoms with Crippen molar-refractivity contribution >= 4 is 33.0 Å². The smallest absolute Gasteiger partial charge is 0.282 e. The van der Waals surface area contributed by atoms with Crippen molar-refractivity contribution in [1.29, 1.82) is 0 Å². The molecule has 6 nitrogen and oxygen atoms in total. The quantitative estimate of drug-likeness (QED) is 0.215. The minimum atomic E-state index is -0.198. The average Bonchev–Trinajstić information content (AvgIpc) is 2.88. The van der Waals surface area contributed by atoms with Crippen LogP contribution in [-0.2, 0) is 6.61 Å². The summed E-state index contributed by atoms with van der Waals surface area (Å²) in [7, 11) is 0. The number of ether oxygens (including phenoxy) is 2. The molecule has 3 aromatic carbocycles. The van der Waals surface area contributed by atoms with Gasteiger partial charge in [0.1, 0.15) is 12.4 Å². The highest BCUT2D eigenvalue weighted by molar-refractivity contribution is 9.10. The molecule has 1 heterocycles. The van der Waals surface area contributed by atoms with E-state index in [0.29, 0.717) is 41.4 Å². The lowest BCUT2D eigenvalue weighted by atomic mass is 10.1. The Labute approximate surface area is 219 Å². The van der Waals surface area contributed by atoms with Crippen LogP contribution in [0.15, 0.2) is 75.0 Å². The predicted molar refractivity (Wildman–Crippen MR) is 149 cm³/mol. The van der Waals surface area contributed by atoms with Gasteiger partial charge in [0.2, 0.25) is 0 Å². The van der Waals surface area contributed by atoms with Gasteiger partial charge >= 0.3 is 0 Å². The van der Waals surface area contributed by atoms with Gasteiger partial charge in [0.05, 0.1) is 23.7 Å². The molecule has 0 radical (unpaired) electrons. The largest absolute Gasteiger partial charge is 0.490 e. The van der Waals surface area contributed by atoms with Crippen LogP contribution in [0.4, 0.5) is 0 Å². The van der Waals surface area contributed by atoms with Crippen LogP contribution in [0.3, 0.4) is 0 Å². The summed E-state index contributed by atoms with van der Waals surface area (Å²) in [6.45, 7) is 9.06. The SMILES string of the molecule is CCOc1cc(C=Nn2c([C@H](C)CC)nc3ccc(Br)cc3c2=O)ccc1OCc1ccc(C)cc1. The van der Waals surface area contributed by atoms with E-state index in [4.69, 9.17) is 14.5 Å². The third-order valence-corrected chi connectivity index (χ3v) is 6.48. The molecule has 0 saturated carbocycles. The molecule has 0 unspecified atom stereocenters. The van der Waals surface area contributed by atoms with E-state index in [1.54, 1.807) is 12.3 Å². The molecule has 4 rings (SSSR count). The van der Waals surface area contributed by atoms with E-state index in [1.165, 1.54) is 10.2 Å². The van der Waals surface area contributed by atoms with Crippen molar-refractivity contribution in [1.82, 2.24) is 9.66 Å². The maximum Gasteiger partial charge on any atom is 0.282 e. The Bertz CT molecular complexity index is 1450. The van der Waals surface area contributed by atoms with Crippen LogP contribution in [0.1, 0.15) is 55.6 Å². The topological polar surface area (TPSA) is 65.7 Å². The fourth-order valence-electron chi connectivity index (χ4n) is 3.74. The third-order valence-electron chi connectivity index (χ3n) is 5.99. The molecule has 7 heteroatoms. The first kappa shape index (κ1) is 25.6. The number of aromatic nitrogens is 2. The summed E-state index contributed by atoms with van der Waals surface area (Å²) >= 11 is 3.45. The third kappa shape index (κ3) is 5.85. The average molecular weight is 548 g/mol. The predicted octanol–water partition coefficient (Wildman–Crippen LogP) is 6.84. The van der Waals surface area contributed by atoms with Crippen LogP contribution >= 0.6 is 15.9 Å². The van der Waals surface area contributed by atoms with Crippen LogP contribution in [0.2, 0.25) is 0 Å². The van der Waals surface area contributed by atoms with Gasteiger partial charge in [-0.3, -0.25) is 4.79 Å². The van der Waals surface area contributed by atoms with E-state index in [2.05, 4.69) is 59.1 Å². The van der Waals surface area contributed by atoms with Gasteiger partial charge < -0.3 is 9.47 Å². The molecule has 1 aromatic heterocycles. The number of hydrogen-bond donors (Lipinski definition) is 0. The first-order valence-corrected chi connectivity index (χ1v) is 12.9. The fourth-order valence-corrected chi connectivity index (χ4v) is 4.10. The summed E-state index contributed by atoms with van der Waals surface area (Å²) in [6, 6.07) is 19.4. The summed E-state index contributed by atoms with van der Waals surface area (Å²) in [5, 5.41) is 5.08. The first-order valence-electron chi connectivity index (χ1n) is 12.1. The lowest BCUT2D eigenvalue weighted by molar-refractivity contribution is 0.269. The standard InChI is InChI=1S/C29H30BrN3O3/c1-5-20(4)28-32-25-13-12-23(30)16-24(25)29(34)33(28)31-17-22-11-14-26(27(15-22)35-6-2)36-18-21-9-7-19(3)8-10-21/h7-17,20H,5-6,18H2,1-4H3/t20-/m1/s1. The number of nitrogens with zero attached hydrogens (tertiary/aromatic N) is 3. The molecule has 1 atom stereocenters. The van der Waals surface area contributed by atoms with Gasteiger partial charge in [0.25, 0.3) is 5.56 Å². The van der Waals surface area contributed by atoms with Crippen molar-refractivity contribution in [2.24, 2.45) is 5.10 Å². The monoisotopic (exact) mass is 547 g/mol. The van der Waals surface area contributed by atoms with Crippen molar-refractivity contribution in [3.63, 3.8) is 0 Å². The Hall–Kier alpha value is -3.45. The molecule has 36 heavy (non-hydrogen) atoms. The molecule has 186 valence electrons. The number of rotatable bonds is 9. The highest BCUT2D eigenvalue weighted by atomic mass is 79.9. The van der Waals surface area contributed by atoms with E-state index in [1.807, 2.05) is 44.2 Å². The summed E-state index contributed by atoms with van der Waals surface area (Å²) in [4.78, 5) is 18.1. The van der Waals surface area contributed by atoms with Crippen molar-refractivity contribution < 1.29 is 9.47 Å². The Balaban J connectivity index is 1.66. The number of aryl methyl sites for hydroxylation is 1. The zero-order valence-electron chi connectivity index (χ0n) is 21.0. The van der Waals surface area contributed by atoms with Gasteiger partial charge in [0, 0.05) is 10.4 Å². The molecule has 0 aliphatic carbocycles. The van der Waals surface area contributed by atoms with E-state index in [-0.39, 0.29) is 11.5 Å². The van der Waals surface area contributed by atoms with Gasteiger partial charge in [-0.2, -0.15) is 9.78 Å². The molecule has 0 amide bonds. The molecule has 0 N–H and O–H groups in total. The van der Waals surface area contributed by atoms with Gasteiger partial charge in [-0.1, -0.05) is 59.6 Å². The molecule has 0 aliphatic rings. The molecule has 0 bridgehead atoms. The van der Waals surface area contributed by atoms with E-state index < -0.39 is 0 Å². The van der Waals surface area contributed by atoms with Crippen molar-refractivity contribution in [2.75, 3.05) is 6.61 Å². The Morgan fingerprint density at radius 3 is 2.53 bits per heavy atom. The summed E-state index contributed by atoms with van der Waals surface area (Å²) < 4.78 is 14.1. The first-order chi connectivity index (χ1) is 17.4. The summed E-state index contributed by atoms with van der Waals surface area (Å²) in [6.07, 6.45) is 2.50. The number of hydrogen-bond acceptors (Lipinski definition) is 5. The number of fused-ring (bicyclic) bond motifs is 1. The molecular weight excluding hydrogens is 518 g/mol. The Morgan fingerprint density at radius 2 is 1.81 bits per heavy atom. The van der Waals surface area contributed by atoms with Gasteiger partial charge in [-0.05, 0) is 67.8 Å². The Kier molecular flexibility index (Phi) is 8.21. The second-order valence-corrected chi connectivity index (χ2v) is 9.63. The van der Waals surface area contributed by atoms with Crippen molar-refractivity contribution in [3.8, 4) is 11.5 Å². The molecule has 4 aromatic rings. The molecule has 0 fully saturated rings. The lowest BCUT2D eigenvalue weighted by Gasteiger charge is -2.14. The number of benzene rings is 3. The van der Waals surface area contributed by atoms with Crippen molar-refractivity contribution in [3.05, 3.63) is 98.0 Å². The van der Waals surface area contributed by atoms with Crippen LogP contribution in [0, 0.1) is 6.92 Å². The van der Waals surface area contributed by atoms with Crippen LogP contribution in [0.25, 0.3) is 10.9 Å². The van der Waals surface area contributed by atoms with Crippen LogP contribution < -0.4 is 15.0 Å². The minimum Gasteiger partial charge on any atom is -0.490 e. The van der Waals surface area contributed by atoms with Crippen molar-refractivity contribution in [2.45, 2.75) is 46.6 Å². The second kappa shape index (κ2) is 11.5. The van der Waals surface area contributed by atoms with E-state index >= 15 is 0 Å². The van der Waals surface area contributed by atoms with Gasteiger partial charge in [0.15, 0.2) is 11.5 Å². The fraction of sp³-hybridized carbons (Fsp3) is 0.276. The molecule has 0 saturated heterocycles. The minimum absolute atomic E-state index is 0.0689. The van der Waals surface area contributed by atoms with E-state index in [9.17, 15) is 4.79 Å². The zero-order valence-corrected chi connectivity index (χ0v) is 22.6. The van der Waals surface area contributed by atoms with Crippen LogP contribution in [-0.4, -0.2) is 22.5 Å². The highest BCUT2D eigenvalue weighted by Crippen LogP contribution is 2.29. The number of halogens is 1. The lowest BCUT2D eigenvalue weighted by Crippen LogP contribution is -2.23. The maximum absolute atomic E-state index is 13.4. The van der Waals surface area contributed by atoms with Gasteiger partial charge in [-0.25, -0.2) is 4.98 Å². The second-order valence-electron chi connectivity index (χ2n) is 8.72. The van der Waals surface area contributed by atoms with Crippen LogP contribution in [0.5, 0.6) is 11.5 Å². The highest BCUT2D eigenvalue weighted by Gasteiger charge is 2.16. The van der Waals surface area contributed by atoms with Gasteiger partial charge in [-0.15, -0.1) is 0 Å². The summed E-state index contributed by atoms with van der Waals surface area (Å²) in [5.74, 6) is 1.99. The maximum atomic E-state index is 13.4. The zero-order chi connectivity index (χ0) is 25.7. The molecule has 0 aliphatic heterocycles. The normalized spacial score (nSPS) is 12.2. The Morgan fingerprint density at radius 1 is 1.03 bits per heavy atom. The molecule has 0 spiro atoms. The molecular formula is C29H30BrN3O3. The van der Waals surface area contributed by atoms with E-state index in [0.717, 1.165) is 22.0 Å². The summed E-state index contributed by atoms with van der Waals surface area (Å²) in [5.41, 5.74) is 3.55.